The predicted octanol–water partition coefficient (Wildman–Crippen LogP) is 6.27. The number of nitrogens with zero attached hydrogens (tertiary/aromatic N) is 1. The number of hydrogen-bond donors (Lipinski definition) is 2. The third-order valence-electron chi connectivity index (χ3n) is 6.89. The highest BCUT2D eigenvalue weighted by molar-refractivity contribution is 7.91. The molecule has 0 bridgehead atoms. The zero-order valence-electron chi connectivity index (χ0n) is 22.2. The van der Waals surface area contributed by atoms with Crippen LogP contribution in [0.25, 0.3) is 10.9 Å². The Bertz CT molecular complexity index is 1720. The summed E-state index contributed by atoms with van der Waals surface area (Å²) in [6.07, 6.45) is -4.96. The molecule has 6 nitrogen and oxygen atoms in total. The van der Waals surface area contributed by atoms with E-state index in [1.807, 2.05) is 0 Å². The van der Waals surface area contributed by atoms with Gasteiger partial charge in [-0.15, -0.1) is 0 Å². The number of aliphatic hydroxyl groups excluding tert-OH is 1. The number of benzene rings is 3. The van der Waals surface area contributed by atoms with Crippen molar-refractivity contribution in [1.82, 2.24) is 9.88 Å². The molecule has 0 unspecified atom stereocenters. The Balaban J connectivity index is 1.67. The molecule has 0 fully saturated rings. The molecule has 0 aliphatic rings. The molecule has 1 amide bonds. The second kappa shape index (κ2) is 12.4. The highest BCUT2D eigenvalue weighted by Gasteiger charge is 2.34. The summed E-state index contributed by atoms with van der Waals surface area (Å²) in [5.41, 5.74) is -0.640. The number of sulfone groups is 1. The van der Waals surface area contributed by atoms with Crippen LogP contribution in [0.5, 0.6) is 0 Å². The van der Waals surface area contributed by atoms with Gasteiger partial charge in [-0.25, -0.2) is 17.2 Å². The fourth-order valence-corrected chi connectivity index (χ4v) is 5.77. The van der Waals surface area contributed by atoms with Gasteiger partial charge in [0.25, 0.3) is 5.91 Å². The second-order valence-corrected chi connectivity index (χ2v) is 12.2. The van der Waals surface area contributed by atoms with Crippen LogP contribution >= 0.6 is 11.6 Å². The molecular formula is C29H26ClF5N2O4S. The average Bonchev–Trinajstić information content (AvgIpc) is 3.27. The lowest BCUT2D eigenvalue weighted by atomic mass is 10.0. The number of halogens is 6. The summed E-state index contributed by atoms with van der Waals surface area (Å²) in [4.78, 5) is 13.1. The third kappa shape index (κ3) is 6.61. The molecule has 1 aromatic heterocycles. The highest BCUT2D eigenvalue weighted by atomic mass is 35.5. The normalized spacial score (nSPS) is 13.0. The number of aliphatic hydroxyl groups is 1. The minimum atomic E-state index is -4.69. The standard InChI is InChI=1S/C29H26ClF5N2O4S/c1-2-42(40,41)22-7-4-17(5-8-22)26(16-38)36-28(39)23-13-19-12-21(37(10-9-31)27(19)15-25(23)32)11-18-3-6-20(30)14-24(18)29(33,34)35/h3-8,12-15,26,38H,2,9-11,16H2,1H3,(H,36,39)/t26-/m0/s1. The van der Waals surface area contributed by atoms with Crippen LogP contribution in [0.4, 0.5) is 22.0 Å². The van der Waals surface area contributed by atoms with Gasteiger partial charge in [0, 0.05) is 22.5 Å². The summed E-state index contributed by atoms with van der Waals surface area (Å²) >= 11 is 5.78. The summed E-state index contributed by atoms with van der Waals surface area (Å²) < 4.78 is 95.1. The first-order valence-electron chi connectivity index (χ1n) is 12.8. The van der Waals surface area contributed by atoms with E-state index in [0.29, 0.717) is 10.9 Å². The van der Waals surface area contributed by atoms with Gasteiger partial charge in [0.15, 0.2) is 9.84 Å². The van der Waals surface area contributed by atoms with E-state index in [1.54, 1.807) is 0 Å². The molecule has 1 heterocycles. The predicted molar refractivity (Wildman–Crippen MR) is 149 cm³/mol. The highest BCUT2D eigenvalue weighted by Crippen LogP contribution is 2.36. The second-order valence-electron chi connectivity index (χ2n) is 9.52. The fraction of sp³-hybridized carbons (Fsp3) is 0.276. The Hall–Kier alpha value is -3.48. The summed E-state index contributed by atoms with van der Waals surface area (Å²) in [5.74, 6) is -1.96. The Morgan fingerprint density at radius 2 is 1.76 bits per heavy atom. The Kier molecular flexibility index (Phi) is 9.29. The van der Waals surface area contributed by atoms with Crippen molar-refractivity contribution in [2.24, 2.45) is 0 Å². The molecule has 4 aromatic rings. The minimum absolute atomic E-state index is 0.0720. The maximum Gasteiger partial charge on any atom is 0.416 e. The number of fused-ring (bicyclic) bond motifs is 1. The van der Waals surface area contributed by atoms with E-state index >= 15 is 4.39 Å². The lowest BCUT2D eigenvalue weighted by Crippen LogP contribution is -2.31. The van der Waals surface area contributed by atoms with Crippen LogP contribution in [0, 0.1) is 5.82 Å². The van der Waals surface area contributed by atoms with Gasteiger partial charge in [0.1, 0.15) is 12.5 Å². The SMILES string of the molecule is CCS(=O)(=O)c1ccc([C@H](CO)NC(=O)c2cc3cc(Cc4ccc(Cl)cc4C(F)(F)F)n(CCF)c3cc2F)cc1. The van der Waals surface area contributed by atoms with Crippen molar-refractivity contribution in [2.45, 2.75) is 37.0 Å². The smallest absolute Gasteiger partial charge is 0.394 e. The van der Waals surface area contributed by atoms with Gasteiger partial charge in [-0.1, -0.05) is 36.7 Å². The van der Waals surface area contributed by atoms with Crippen LogP contribution in [0.15, 0.2) is 65.6 Å². The molecule has 0 saturated carbocycles. The van der Waals surface area contributed by atoms with Crippen LogP contribution in [-0.4, -0.2) is 43.0 Å². The molecular weight excluding hydrogens is 603 g/mol. The number of alkyl halides is 4. The van der Waals surface area contributed by atoms with Crippen LogP contribution in [0.3, 0.4) is 0 Å². The number of amides is 1. The lowest BCUT2D eigenvalue weighted by molar-refractivity contribution is -0.138. The van der Waals surface area contributed by atoms with Crippen molar-refractivity contribution in [1.29, 1.82) is 0 Å². The number of hydrogen-bond acceptors (Lipinski definition) is 4. The van der Waals surface area contributed by atoms with E-state index in [-0.39, 0.29) is 45.4 Å². The topological polar surface area (TPSA) is 88.4 Å². The zero-order valence-corrected chi connectivity index (χ0v) is 23.8. The van der Waals surface area contributed by atoms with E-state index < -0.39 is 58.2 Å². The van der Waals surface area contributed by atoms with Crippen molar-refractivity contribution in [3.63, 3.8) is 0 Å². The Labute approximate surface area is 243 Å². The van der Waals surface area contributed by atoms with E-state index in [2.05, 4.69) is 5.32 Å². The quantitative estimate of drug-likeness (QED) is 0.203. The fourth-order valence-electron chi connectivity index (χ4n) is 4.72. The first-order valence-corrected chi connectivity index (χ1v) is 14.8. The number of nitrogens with one attached hydrogen (secondary N) is 1. The number of carbonyl (C=O) groups is 1. The molecule has 13 heteroatoms. The summed E-state index contributed by atoms with van der Waals surface area (Å²) in [7, 11) is -3.46. The lowest BCUT2D eigenvalue weighted by Gasteiger charge is -2.18. The number of aromatic nitrogens is 1. The maximum absolute atomic E-state index is 15.2. The molecule has 0 aliphatic heterocycles. The maximum atomic E-state index is 15.2. The molecule has 1 atom stereocenters. The van der Waals surface area contributed by atoms with Crippen molar-refractivity contribution in [3.8, 4) is 0 Å². The van der Waals surface area contributed by atoms with Crippen molar-refractivity contribution >= 4 is 38.2 Å². The van der Waals surface area contributed by atoms with E-state index in [1.165, 1.54) is 60.0 Å². The number of rotatable bonds is 10. The Morgan fingerprint density at radius 1 is 1.07 bits per heavy atom. The van der Waals surface area contributed by atoms with Gasteiger partial charge >= 0.3 is 6.18 Å². The summed E-state index contributed by atoms with van der Waals surface area (Å²) in [5, 5.41) is 12.6. The van der Waals surface area contributed by atoms with Crippen LogP contribution in [0.1, 0.15) is 45.7 Å². The van der Waals surface area contributed by atoms with E-state index in [9.17, 15) is 35.9 Å². The van der Waals surface area contributed by atoms with Gasteiger partial charge in [-0.3, -0.25) is 4.79 Å². The van der Waals surface area contributed by atoms with Gasteiger partial charge in [0.2, 0.25) is 0 Å². The number of carbonyl (C=O) groups excluding carboxylic acids is 1. The minimum Gasteiger partial charge on any atom is -0.394 e. The van der Waals surface area contributed by atoms with Crippen molar-refractivity contribution in [3.05, 3.63) is 99.5 Å². The molecule has 2 N–H and O–H groups in total. The van der Waals surface area contributed by atoms with Crippen LogP contribution in [-0.2, 0) is 29.0 Å². The molecule has 42 heavy (non-hydrogen) atoms. The third-order valence-corrected chi connectivity index (χ3v) is 8.87. The largest absolute Gasteiger partial charge is 0.416 e. The molecule has 0 radical (unpaired) electrons. The van der Waals surface area contributed by atoms with Gasteiger partial charge in [-0.05, 0) is 53.6 Å². The van der Waals surface area contributed by atoms with Crippen molar-refractivity contribution < 1.29 is 40.3 Å². The molecule has 224 valence electrons. The van der Waals surface area contributed by atoms with Crippen LogP contribution < -0.4 is 5.32 Å². The van der Waals surface area contributed by atoms with Crippen LogP contribution in [0.2, 0.25) is 5.02 Å². The zero-order chi connectivity index (χ0) is 30.8. The van der Waals surface area contributed by atoms with Gasteiger partial charge in [0.05, 0.1) is 46.5 Å². The molecule has 4 rings (SSSR count). The number of aryl methyl sites for hydroxylation is 1. The monoisotopic (exact) mass is 628 g/mol. The van der Waals surface area contributed by atoms with Crippen molar-refractivity contribution in [2.75, 3.05) is 19.0 Å². The van der Waals surface area contributed by atoms with Gasteiger partial charge in [-0.2, -0.15) is 13.2 Å². The molecule has 0 saturated heterocycles. The molecule has 0 spiro atoms. The average molecular weight is 629 g/mol. The summed E-state index contributed by atoms with van der Waals surface area (Å²) in [6, 6.07) is 11.6. The Morgan fingerprint density at radius 3 is 2.36 bits per heavy atom. The first-order chi connectivity index (χ1) is 19.8. The van der Waals surface area contributed by atoms with E-state index in [4.69, 9.17) is 11.6 Å². The summed E-state index contributed by atoms with van der Waals surface area (Å²) in [6.45, 7) is -0.203. The van der Waals surface area contributed by atoms with E-state index in [0.717, 1.165) is 12.1 Å². The first kappa shape index (κ1) is 31.5. The molecule has 0 aliphatic carbocycles. The molecule has 3 aromatic carbocycles. The van der Waals surface area contributed by atoms with Gasteiger partial charge < -0.3 is 15.0 Å².